The Hall–Kier alpha value is -2.06. The molecule has 5 nitrogen and oxygen atoms in total. The van der Waals surface area contributed by atoms with E-state index in [4.69, 9.17) is 11.5 Å². The molecule has 0 aliphatic heterocycles. The Kier molecular flexibility index (Phi) is 3.47. The Morgan fingerprint density at radius 3 is 3.00 bits per heavy atom. The number of urea groups is 1. The van der Waals surface area contributed by atoms with Crippen LogP contribution in [0.2, 0.25) is 0 Å². The van der Waals surface area contributed by atoms with E-state index in [1.807, 2.05) is 0 Å². The Bertz CT molecular complexity index is 391. The van der Waals surface area contributed by atoms with Gasteiger partial charge in [-0.25, -0.2) is 9.78 Å². The molecule has 0 aliphatic rings. The van der Waals surface area contributed by atoms with E-state index in [1.54, 1.807) is 18.2 Å². The van der Waals surface area contributed by atoms with Crippen LogP contribution in [0.15, 0.2) is 18.2 Å². The minimum Gasteiger partial charge on any atom is -0.351 e. The van der Waals surface area contributed by atoms with Crippen molar-refractivity contribution < 1.29 is 4.79 Å². The number of anilines is 1. The molecule has 0 spiro atoms. The first-order chi connectivity index (χ1) is 6.72. The maximum Gasteiger partial charge on any atom is 0.317 e. The van der Waals surface area contributed by atoms with Crippen LogP contribution >= 0.6 is 0 Å². The second-order valence-corrected chi connectivity index (χ2v) is 2.40. The predicted molar refractivity (Wildman–Crippen MR) is 53.4 cm³/mol. The second kappa shape index (κ2) is 4.84. The van der Waals surface area contributed by atoms with Gasteiger partial charge in [-0.05, 0) is 18.1 Å². The molecule has 14 heavy (non-hydrogen) atoms. The summed E-state index contributed by atoms with van der Waals surface area (Å²) in [6.45, 7) is 0.273. The first-order valence-corrected chi connectivity index (χ1v) is 3.95. The summed E-state index contributed by atoms with van der Waals surface area (Å²) in [7, 11) is 0. The first-order valence-electron chi connectivity index (χ1n) is 3.95. The van der Waals surface area contributed by atoms with Crippen LogP contribution in [0.3, 0.4) is 0 Å². The third-order valence-electron chi connectivity index (χ3n) is 1.32. The summed E-state index contributed by atoms with van der Waals surface area (Å²) in [5.41, 5.74) is 10.7. The third kappa shape index (κ3) is 3.13. The summed E-state index contributed by atoms with van der Waals surface area (Å²) in [5.74, 6) is 5.77. The third-order valence-corrected chi connectivity index (χ3v) is 1.32. The molecule has 1 rings (SSSR count). The molecule has 2 amide bonds. The maximum absolute atomic E-state index is 10.5. The Labute approximate surface area is 81.5 Å². The van der Waals surface area contributed by atoms with Crippen LogP contribution in [0.4, 0.5) is 10.6 Å². The van der Waals surface area contributed by atoms with Crippen LogP contribution in [-0.2, 0) is 0 Å². The summed E-state index contributed by atoms with van der Waals surface area (Å²) in [6, 6.07) is 4.41. The monoisotopic (exact) mass is 190 g/mol. The molecular formula is C9H10N4O. The Morgan fingerprint density at radius 2 is 2.36 bits per heavy atom. The number of carbonyl (C=O) groups excluding carboxylic acids is 1. The maximum atomic E-state index is 10.5. The number of hydrogen-bond acceptors (Lipinski definition) is 3. The number of nitrogens with zero attached hydrogens (tertiary/aromatic N) is 1. The van der Waals surface area contributed by atoms with Crippen LogP contribution in [-0.4, -0.2) is 17.6 Å². The van der Waals surface area contributed by atoms with E-state index >= 15 is 0 Å². The molecule has 0 saturated carbocycles. The summed E-state index contributed by atoms with van der Waals surface area (Å²) >= 11 is 0. The average Bonchev–Trinajstić information content (AvgIpc) is 2.14. The summed E-state index contributed by atoms with van der Waals surface area (Å²) < 4.78 is 0. The van der Waals surface area contributed by atoms with Gasteiger partial charge in [0.1, 0.15) is 11.5 Å². The molecule has 1 heterocycles. The quantitative estimate of drug-likeness (QED) is 0.539. The van der Waals surface area contributed by atoms with Gasteiger partial charge < -0.3 is 11.5 Å². The normalized spacial score (nSPS) is 8.64. The summed E-state index contributed by atoms with van der Waals surface area (Å²) in [5, 5.41) is 2.35. The van der Waals surface area contributed by atoms with Gasteiger partial charge in [0.05, 0.1) is 6.54 Å². The van der Waals surface area contributed by atoms with Gasteiger partial charge >= 0.3 is 6.03 Å². The molecule has 5 heteroatoms. The van der Waals surface area contributed by atoms with Crippen LogP contribution in [0, 0.1) is 11.8 Å². The van der Waals surface area contributed by atoms with E-state index in [-0.39, 0.29) is 6.54 Å². The molecular weight excluding hydrogens is 180 g/mol. The summed E-state index contributed by atoms with van der Waals surface area (Å²) in [6.07, 6.45) is 0. The van der Waals surface area contributed by atoms with Crippen LogP contribution in [0.5, 0.6) is 0 Å². The van der Waals surface area contributed by atoms with Gasteiger partial charge in [-0.1, -0.05) is 12.0 Å². The first kappa shape index (κ1) is 10.0. The highest BCUT2D eigenvalue weighted by Gasteiger charge is 1.96. The van der Waals surface area contributed by atoms with Crippen molar-refractivity contribution in [3.05, 3.63) is 23.9 Å². The average molecular weight is 190 g/mol. The van der Waals surface area contributed by atoms with Crippen molar-refractivity contribution in [2.45, 2.75) is 0 Å². The highest BCUT2D eigenvalue weighted by atomic mass is 16.2. The van der Waals surface area contributed by atoms with Crippen molar-refractivity contribution in [3.8, 4) is 11.8 Å². The minimum atomic E-state index is -0.651. The molecule has 0 atom stereocenters. The molecule has 0 unspecified atom stereocenters. The molecule has 72 valence electrons. The van der Waals surface area contributed by atoms with Gasteiger partial charge in [0.25, 0.3) is 0 Å². The summed E-state index contributed by atoms with van der Waals surface area (Å²) in [4.78, 5) is 14.5. The van der Waals surface area contributed by atoms with E-state index in [1.165, 1.54) is 0 Å². The van der Waals surface area contributed by atoms with Crippen LogP contribution in [0.1, 0.15) is 5.69 Å². The van der Waals surface area contributed by atoms with Crippen molar-refractivity contribution in [2.24, 2.45) is 11.5 Å². The molecule has 1 aromatic rings. The smallest absolute Gasteiger partial charge is 0.317 e. The number of aromatic nitrogens is 1. The lowest BCUT2D eigenvalue weighted by Crippen LogP contribution is -2.20. The number of nitrogens with one attached hydrogen (secondary N) is 1. The van der Waals surface area contributed by atoms with Gasteiger partial charge in [0.15, 0.2) is 0 Å². The van der Waals surface area contributed by atoms with Gasteiger partial charge in [-0.2, -0.15) is 0 Å². The fraction of sp³-hybridized carbons (Fsp3) is 0.111. The fourth-order valence-electron chi connectivity index (χ4n) is 0.842. The number of hydrogen-bond donors (Lipinski definition) is 3. The molecule has 5 N–H and O–H groups in total. The van der Waals surface area contributed by atoms with Gasteiger partial charge in [0.2, 0.25) is 0 Å². The molecule has 0 radical (unpaired) electrons. The number of pyridine rings is 1. The molecule has 0 aromatic carbocycles. The molecule has 0 aliphatic carbocycles. The molecule has 1 aromatic heterocycles. The fourth-order valence-corrected chi connectivity index (χ4v) is 0.842. The lowest BCUT2D eigenvalue weighted by atomic mass is 10.3. The van der Waals surface area contributed by atoms with Crippen molar-refractivity contribution in [1.82, 2.24) is 4.98 Å². The van der Waals surface area contributed by atoms with Crippen molar-refractivity contribution in [3.63, 3.8) is 0 Å². The minimum absolute atomic E-state index is 0.273. The number of nitrogens with two attached hydrogens (primary N) is 2. The van der Waals surface area contributed by atoms with Crippen molar-refractivity contribution in [1.29, 1.82) is 0 Å². The highest BCUT2D eigenvalue weighted by molar-refractivity contribution is 5.86. The number of amides is 2. The molecule has 0 bridgehead atoms. The number of carbonyl (C=O) groups is 1. The van der Waals surface area contributed by atoms with E-state index < -0.39 is 6.03 Å². The van der Waals surface area contributed by atoms with E-state index in [0.717, 1.165) is 0 Å². The Balaban J connectivity index is 2.84. The van der Waals surface area contributed by atoms with Crippen LogP contribution < -0.4 is 16.8 Å². The topological polar surface area (TPSA) is 94.0 Å². The lowest BCUT2D eigenvalue weighted by Gasteiger charge is -1.99. The van der Waals surface area contributed by atoms with Gasteiger partial charge in [-0.15, -0.1) is 0 Å². The lowest BCUT2D eigenvalue weighted by molar-refractivity contribution is 0.259. The second-order valence-electron chi connectivity index (χ2n) is 2.40. The van der Waals surface area contributed by atoms with Gasteiger partial charge in [0, 0.05) is 0 Å². The highest BCUT2D eigenvalue weighted by Crippen LogP contribution is 2.02. The van der Waals surface area contributed by atoms with E-state index in [0.29, 0.717) is 11.5 Å². The van der Waals surface area contributed by atoms with E-state index in [9.17, 15) is 4.79 Å². The zero-order chi connectivity index (χ0) is 10.4. The number of rotatable bonds is 1. The Morgan fingerprint density at radius 1 is 1.57 bits per heavy atom. The SMILES string of the molecule is NCC#Cc1cccc(NC(N)=O)n1. The largest absolute Gasteiger partial charge is 0.351 e. The molecule has 0 saturated heterocycles. The number of primary amides is 1. The van der Waals surface area contributed by atoms with Gasteiger partial charge in [-0.3, -0.25) is 5.32 Å². The molecule has 0 fully saturated rings. The van der Waals surface area contributed by atoms with Crippen molar-refractivity contribution >= 4 is 11.8 Å². The zero-order valence-corrected chi connectivity index (χ0v) is 7.45. The predicted octanol–water partition coefficient (Wildman–Crippen LogP) is -0.118. The van der Waals surface area contributed by atoms with Crippen molar-refractivity contribution in [2.75, 3.05) is 11.9 Å². The van der Waals surface area contributed by atoms with Crippen LogP contribution in [0.25, 0.3) is 0 Å². The standard InChI is InChI=1S/C9H10N4O/c10-6-2-4-7-3-1-5-8(12-7)13-9(11)14/h1,3,5H,6,10H2,(H3,11,12,13,14). The zero-order valence-electron chi connectivity index (χ0n) is 7.45. The van der Waals surface area contributed by atoms with E-state index in [2.05, 4.69) is 22.1 Å².